The lowest BCUT2D eigenvalue weighted by Gasteiger charge is -2.29. The Labute approximate surface area is 183 Å². The maximum atomic E-state index is 13.0. The molecular weight excluding hydrogens is 426 g/mol. The van der Waals surface area contributed by atoms with E-state index in [9.17, 15) is 14.4 Å². The Morgan fingerprint density at radius 2 is 1.93 bits per heavy atom. The fourth-order valence-corrected chi connectivity index (χ4v) is 3.34. The zero-order valence-electron chi connectivity index (χ0n) is 16.0. The maximum Gasteiger partial charge on any atom is 0.270 e. The molecule has 0 aromatic heterocycles. The Bertz CT molecular complexity index is 1070. The van der Waals surface area contributed by atoms with Gasteiger partial charge in [0, 0.05) is 0 Å². The molecule has 0 spiro atoms. The average molecular weight is 444 g/mol. The fraction of sp³-hybridized carbons (Fsp3) is 0.143. The van der Waals surface area contributed by atoms with Crippen LogP contribution in [0.4, 0.5) is 5.69 Å². The minimum absolute atomic E-state index is 0.0135. The van der Waals surface area contributed by atoms with E-state index in [2.05, 4.69) is 5.32 Å². The number of halogens is 1. The number of anilines is 1. The SMILES string of the molecule is CCc1ccc(N2C(=O)C(=Cc3ccc(OCC(N)=O)c(Cl)c3)C(=O)NC2=S)cc1. The molecule has 0 saturated carbocycles. The van der Waals surface area contributed by atoms with E-state index in [-0.39, 0.29) is 28.1 Å². The van der Waals surface area contributed by atoms with Crippen molar-refractivity contribution < 1.29 is 19.1 Å². The van der Waals surface area contributed by atoms with E-state index in [1.54, 1.807) is 18.2 Å². The summed E-state index contributed by atoms with van der Waals surface area (Å²) in [5.41, 5.74) is 7.13. The monoisotopic (exact) mass is 443 g/mol. The van der Waals surface area contributed by atoms with Crippen molar-refractivity contribution in [2.24, 2.45) is 5.73 Å². The predicted octanol–water partition coefficient (Wildman–Crippen LogP) is 2.60. The number of carbonyl (C=O) groups excluding carboxylic acids is 3. The summed E-state index contributed by atoms with van der Waals surface area (Å²) in [5, 5.41) is 2.76. The summed E-state index contributed by atoms with van der Waals surface area (Å²) in [6, 6.07) is 12.0. The van der Waals surface area contributed by atoms with Gasteiger partial charge >= 0.3 is 0 Å². The quantitative estimate of drug-likeness (QED) is 0.406. The number of aryl methyl sites for hydroxylation is 1. The van der Waals surface area contributed by atoms with Gasteiger partial charge in [-0.3, -0.25) is 24.6 Å². The molecule has 3 N–H and O–H groups in total. The third kappa shape index (κ3) is 4.67. The minimum atomic E-state index is -0.634. The summed E-state index contributed by atoms with van der Waals surface area (Å²) in [5.74, 6) is -1.52. The first-order valence-corrected chi connectivity index (χ1v) is 9.79. The van der Waals surface area contributed by atoms with Crippen molar-refractivity contribution in [3.63, 3.8) is 0 Å². The lowest BCUT2D eigenvalue weighted by atomic mass is 10.1. The number of ether oxygens (including phenoxy) is 1. The Morgan fingerprint density at radius 3 is 2.53 bits per heavy atom. The van der Waals surface area contributed by atoms with E-state index in [1.807, 2.05) is 19.1 Å². The highest BCUT2D eigenvalue weighted by Crippen LogP contribution is 2.28. The van der Waals surface area contributed by atoms with Crippen LogP contribution in [0.25, 0.3) is 6.08 Å². The Kier molecular flexibility index (Phi) is 6.49. The minimum Gasteiger partial charge on any atom is -0.482 e. The number of hydrogen-bond acceptors (Lipinski definition) is 5. The molecule has 0 atom stereocenters. The zero-order valence-corrected chi connectivity index (χ0v) is 17.5. The number of primary amides is 1. The number of hydrogen-bond donors (Lipinski definition) is 2. The molecule has 0 bridgehead atoms. The van der Waals surface area contributed by atoms with E-state index in [0.717, 1.165) is 12.0 Å². The van der Waals surface area contributed by atoms with Gasteiger partial charge in [0.2, 0.25) is 0 Å². The van der Waals surface area contributed by atoms with E-state index >= 15 is 0 Å². The van der Waals surface area contributed by atoms with Crippen LogP contribution in [0.5, 0.6) is 5.75 Å². The number of carbonyl (C=O) groups is 3. The highest BCUT2D eigenvalue weighted by Gasteiger charge is 2.34. The molecule has 3 rings (SSSR count). The second-order valence-corrected chi connectivity index (χ2v) is 7.22. The van der Waals surface area contributed by atoms with E-state index in [1.165, 1.54) is 23.1 Å². The smallest absolute Gasteiger partial charge is 0.270 e. The summed E-state index contributed by atoms with van der Waals surface area (Å²) >= 11 is 11.4. The molecule has 30 heavy (non-hydrogen) atoms. The molecule has 0 unspecified atom stereocenters. The third-order valence-corrected chi connectivity index (χ3v) is 4.92. The van der Waals surface area contributed by atoms with Crippen LogP contribution < -0.4 is 20.7 Å². The van der Waals surface area contributed by atoms with E-state index in [0.29, 0.717) is 11.3 Å². The van der Waals surface area contributed by atoms with Crippen LogP contribution in [0, 0.1) is 0 Å². The molecule has 1 fully saturated rings. The molecule has 2 aromatic rings. The molecule has 2 aromatic carbocycles. The van der Waals surface area contributed by atoms with Crippen LogP contribution in [-0.4, -0.2) is 29.4 Å². The first-order chi connectivity index (χ1) is 14.3. The van der Waals surface area contributed by atoms with Crippen LogP contribution in [0.1, 0.15) is 18.1 Å². The summed E-state index contributed by atoms with van der Waals surface area (Å²) in [6.07, 6.45) is 2.27. The van der Waals surface area contributed by atoms with Crippen LogP contribution in [0.3, 0.4) is 0 Å². The number of nitrogens with zero attached hydrogens (tertiary/aromatic N) is 1. The molecule has 0 aliphatic carbocycles. The van der Waals surface area contributed by atoms with Gasteiger partial charge in [0.1, 0.15) is 11.3 Å². The summed E-state index contributed by atoms with van der Waals surface area (Å²) < 4.78 is 5.19. The lowest BCUT2D eigenvalue weighted by molar-refractivity contribution is -0.122. The van der Waals surface area contributed by atoms with E-state index < -0.39 is 17.7 Å². The summed E-state index contributed by atoms with van der Waals surface area (Å²) in [7, 11) is 0. The highest BCUT2D eigenvalue weighted by atomic mass is 35.5. The molecule has 7 nitrogen and oxygen atoms in total. The molecule has 154 valence electrons. The van der Waals surface area contributed by atoms with Crippen LogP contribution >= 0.6 is 23.8 Å². The molecule has 1 aliphatic rings. The number of nitrogens with two attached hydrogens (primary N) is 1. The van der Waals surface area contributed by atoms with Crippen molar-refractivity contribution >= 4 is 58.4 Å². The Morgan fingerprint density at radius 1 is 1.23 bits per heavy atom. The molecule has 9 heteroatoms. The molecule has 0 radical (unpaired) electrons. The van der Waals surface area contributed by atoms with Crippen molar-refractivity contribution in [2.75, 3.05) is 11.5 Å². The largest absolute Gasteiger partial charge is 0.482 e. The van der Waals surface area contributed by atoms with E-state index in [4.69, 9.17) is 34.3 Å². The van der Waals surface area contributed by atoms with Gasteiger partial charge in [-0.25, -0.2) is 0 Å². The van der Waals surface area contributed by atoms with Gasteiger partial charge in [0.15, 0.2) is 11.7 Å². The van der Waals surface area contributed by atoms with Gasteiger partial charge in [-0.15, -0.1) is 0 Å². The third-order valence-electron chi connectivity index (χ3n) is 4.34. The van der Waals surface area contributed by atoms with Gasteiger partial charge in [0.25, 0.3) is 17.7 Å². The second kappa shape index (κ2) is 9.06. The molecule has 1 heterocycles. The van der Waals surface area contributed by atoms with Gasteiger partial charge < -0.3 is 10.5 Å². The molecule has 3 amide bonds. The fourth-order valence-electron chi connectivity index (χ4n) is 2.81. The van der Waals surface area contributed by atoms with Gasteiger partial charge in [-0.05, 0) is 60.1 Å². The van der Waals surface area contributed by atoms with Crippen molar-refractivity contribution in [1.29, 1.82) is 0 Å². The van der Waals surface area contributed by atoms with Gasteiger partial charge in [-0.2, -0.15) is 0 Å². The molecular formula is C21H18ClN3O4S. The number of benzene rings is 2. The van der Waals surface area contributed by atoms with Crippen molar-refractivity contribution in [1.82, 2.24) is 5.32 Å². The Balaban J connectivity index is 1.90. The second-order valence-electron chi connectivity index (χ2n) is 6.42. The first kappa shape index (κ1) is 21.5. The van der Waals surface area contributed by atoms with Crippen molar-refractivity contribution in [3.05, 3.63) is 64.2 Å². The molecule has 1 aliphatic heterocycles. The van der Waals surface area contributed by atoms with Crippen molar-refractivity contribution in [3.8, 4) is 5.75 Å². The van der Waals surface area contributed by atoms with Gasteiger partial charge in [-0.1, -0.05) is 36.7 Å². The predicted molar refractivity (Wildman–Crippen MR) is 118 cm³/mol. The van der Waals surface area contributed by atoms with Gasteiger partial charge in [0.05, 0.1) is 10.7 Å². The summed E-state index contributed by atoms with van der Waals surface area (Å²) in [6.45, 7) is 1.71. The maximum absolute atomic E-state index is 13.0. The standard InChI is InChI=1S/C21H18ClN3O4S/c1-2-12-3-6-14(7-4-12)25-20(28)15(19(27)24-21(25)30)9-13-5-8-17(16(22)10-13)29-11-18(23)26/h3-10H,2,11H2,1H3,(H2,23,26)(H,24,27,30). The van der Waals surface area contributed by atoms with Crippen LogP contribution in [0.2, 0.25) is 5.02 Å². The molecule has 1 saturated heterocycles. The van der Waals surface area contributed by atoms with Crippen LogP contribution in [-0.2, 0) is 20.8 Å². The number of thiocarbonyl (C=S) groups is 1. The number of rotatable bonds is 6. The zero-order chi connectivity index (χ0) is 21.8. The van der Waals surface area contributed by atoms with Crippen LogP contribution in [0.15, 0.2) is 48.0 Å². The summed E-state index contributed by atoms with van der Waals surface area (Å²) in [4.78, 5) is 37.6. The van der Waals surface area contributed by atoms with Crippen molar-refractivity contribution in [2.45, 2.75) is 13.3 Å². The number of amides is 3. The first-order valence-electron chi connectivity index (χ1n) is 9.01. The lowest BCUT2D eigenvalue weighted by Crippen LogP contribution is -2.54. The highest BCUT2D eigenvalue weighted by molar-refractivity contribution is 7.80. The Hall–Kier alpha value is -3.23. The normalized spacial score (nSPS) is 15.3. The topological polar surface area (TPSA) is 102 Å². The average Bonchev–Trinajstić information content (AvgIpc) is 2.70. The number of nitrogens with one attached hydrogen (secondary N) is 1.